The van der Waals surface area contributed by atoms with Gasteiger partial charge in [0.15, 0.2) is 0 Å². The molecular formula is C4H8O3Si. The van der Waals surface area contributed by atoms with Gasteiger partial charge < -0.3 is 14.3 Å². The molecule has 1 N–H and O–H groups in total. The Balaban J connectivity index is 1.84. The molecule has 0 amide bonds. The highest BCUT2D eigenvalue weighted by Gasteiger charge is 2.45. The first kappa shape index (κ1) is 4.93. The molecule has 2 atom stereocenters. The van der Waals surface area contributed by atoms with E-state index in [2.05, 4.69) is 0 Å². The molecule has 2 heterocycles. The molecule has 2 fully saturated rings. The van der Waals surface area contributed by atoms with Crippen LogP contribution in [0, 0.1) is 0 Å². The maximum absolute atomic E-state index is 9.22. The van der Waals surface area contributed by atoms with Crippen LogP contribution in [-0.4, -0.2) is 38.5 Å². The van der Waals surface area contributed by atoms with Crippen molar-refractivity contribution in [3.8, 4) is 0 Å². The van der Waals surface area contributed by atoms with Gasteiger partial charge in [-0.05, 0) is 0 Å². The third kappa shape index (κ3) is 0.797. The van der Waals surface area contributed by atoms with Crippen LogP contribution in [0.1, 0.15) is 0 Å². The molecule has 0 aromatic heterocycles. The van der Waals surface area contributed by atoms with E-state index in [9.17, 15) is 4.80 Å². The van der Waals surface area contributed by atoms with Gasteiger partial charge in [0.05, 0.1) is 24.7 Å². The molecule has 2 saturated heterocycles. The normalized spacial score (nSPS) is 46.1. The van der Waals surface area contributed by atoms with Crippen molar-refractivity contribution in [1.82, 2.24) is 0 Å². The summed E-state index contributed by atoms with van der Waals surface area (Å²) in [4.78, 5) is 9.22. The molecule has 0 bridgehead atoms. The fourth-order valence-electron chi connectivity index (χ4n) is 0.745. The number of hydrogen-bond donors (Lipinski definition) is 1. The predicted octanol–water partition coefficient (Wildman–Crippen LogP) is -1.42. The number of epoxide rings is 2. The second kappa shape index (κ2) is 1.54. The first-order valence-corrected chi connectivity index (χ1v) is 4.64. The summed E-state index contributed by atoms with van der Waals surface area (Å²) < 4.78 is 9.81. The van der Waals surface area contributed by atoms with Gasteiger partial charge in [0.1, 0.15) is 0 Å². The van der Waals surface area contributed by atoms with Crippen LogP contribution in [0.4, 0.5) is 0 Å². The zero-order valence-corrected chi connectivity index (χ0v) is 5.56. The molecule has 2 aliphatic rings. The molecule has 4 heteroatoms. The Morgan fingerprint density at radius 3 is 1.88 bits per heavy atom. The van der Waals surface area contributed by atoms with Crippen molar-refractivity contribution >= 4 is 9.04 Å². The van der Waals surface area contributed by atoms with E-state index in [1.165, 1.54) is 0 Å². The molecule has 2 rings (SSSR count). The first-order valence-electron chi connectivity index (χ1n) is 2.79. The zero-order valence-electron chi connectivity index (χ0n) is 4.41. The maximum atomic E-state index is 9.22. The van der Waals surface area contributed by atoms with Gasteiger partial charge in [-0.25, -0.2) is 0 Å². The third-order valence-corrected chi connectivity index (χ3v) is 3.77. The average Bonchev–Trinajstić information content (AvgIpc) is 2.63. The van der Waals surface area contributed by atoms with Crippen molar-refractivity contribution in [3.05, 3.63) is 0 Å². The number of rotatable bonds is 2. The second-order valence-corrected chi connectivity index (χ2v) is 4.70. The van der Waals surface area contributed by atoms with E-state index < -0.39 is 9.04 Å². The van der Waals surface area contributed by atoms with Crippen LogP contribution in [0.5, 0.6) is 0 Å². The fourth-order valence-corrected chi connectivity index (χ4v) is 2.23. The highest BCUT2D eigenvalue weighted by molar-refractivity contribution is 6.55. The summed E-state index contributed by atoms with van der Waals surface area (Å²) >= 11 is 0. The van der Waals surface area contributed by atoms with Gasteiger partial charge in [0.2, 0.25) is 9.04 Å². The average molecular weight is 132 g/mol. The standard InChI is InChI=1S/C4H8O3Si/c5-8(3-1-6-3)4-2-7-4/h3-5,8H,1-2H2. The predicted molar refractivity (Wildman–Crippen MR) is 28.8 cm³/mol. The highest BCUT2D eigenvalue weighted by atomic mass is 28.3. The zero-order chi connectivity index (χ0) is 5.56. The minimum atomic E-state index is -1.57. The first-order chi connectivity index (χ1) is 3.88. The van der Waals surface area contributed by atoms with Crippen LogP contribution in [0.2, 0.25) is 0 Å². The van der Waals surface area contributed by atoms with E-state index in [0.29, 0.717) is 0 Å². The summed E-state index contributed by atoms with van der Waals surface area (Å²) in [7, 11) is -1.57. The van der Waals surface area contributed by atoms with Crippen LogP contribution in [0.15, 0.2) is 0 Å². The van der Waals surface area contributed by atoms with Gasteiger partial charge in [-0.15, -0.1) is 0 Å². The van der Waals surface area contributed by atoms with Crippen molar-refractivity contribution in [2.45, 2.75) is 11.5 Å². The molecule has 3 nitrogen and oxygen atoms in total. The third-order valence-electron chi connectivity index (χ3n) is 1.48. The molecule has 0 radical (unpaired) electrons. The smallest absolute Gasteiger partial charge is 0.234 e. The molecule has 0 aromatic carbocycles. The van der Waals surface area contributed by atoms with Gasteiger partial charge in [-0.3, -0.25) is 0 Å². The summed E-state index contributed by atoms with van der Waals surface area (Å²) in [5, 5.41) is 0. The lowest BCUT2D eigenvalue weighted by Gasteiger charge is -1.95. The molecule has 2 unspecified atom stereocenters. The summed E-state index contributed by atoms with van der Waals surface area (Å²) in [6, 6.07) is 0. The van der Waals surface area contributed by atoms with Gasteiger partial charge >= 0.3 is 0 Å². The fraction of sp³-hybridized carbons (Fsp3) is 1.00. The maximum Gasteiger partial charge on any atom is 0.234 e. The monoisotopic (exact) mass is 132 g/mol. The molecule has 8 heavy (non-hydrogen) atoms. The lowest BCUT2D eigenvalue weighted by atomic mass is 10.9. The van der Waals surface area contributed by atoms with Gasteiger partial charge in [0.25, 0.3) is 0 Å². The number of hydrogen-bond acceptors (Lipinski definition) is 3. The van der Waals surface area contributed by atoms with Crippen molar-refractivity contribution in [2.75, 3.05) is 13.2 Å². The van der Waals surface area contributed by atoms with Crippen molar-refractivity contribution in [1.29, 1.82) is 0 Å². The summed E-state index contributed by atoms with van der Waals surface area (Å²) in [5.74, 6) is 0. The summed E-state index contributed by atoms with van der Waals surface area (Å²) in [6.07, 6.45) is 0. The SMILES string of the molecule is O[SiH](C1CO1)C1CO1. The second-order valence-electron chi connectivity index (χ2n) is 2.23. The van der Waals surface area contributed by atoms with E-state index in [4.69, 9.17) is 9.47 Å². The molecule has 0 aromatic rings. The van der Waals surface area contributed by atoms with Crippen LogP contribution < -0.4 is 0 Å². The van der Waals surface area contributed by atoms with Crippen LogP contribution >= 0.6 is 0 Å². The van der Waals surface area contributed by atoms with E-state index >= 15 is 0 Å². The van der Waals surface area contributed by atoms with E-state index in [1.807, 2.05) is 0 Å². The van der Waals surface area contributed by atoms with Gasteiger partial charge in [-0.1, -0.05) is 0 Å². The Morgan fingerprint density at radius 1 is 1.25 bits per heavy atom. The summed E-state index contributed by atoms with van der Waals surface area (Å²) in [6.45, 7) is 1.54. The molecular weight excluding hydrogens is 124 g/mol. The Hall–Kier alpha value is 0.0969. The van der Waals surface area contributed by atoms with Crippen molar-refractivity contribution < 1.29 is 14.3 Å². The van der Waals surface area contributed by atoms with Crippen LogP contribution in [0.3, 0.4) is 0 Å². The lowest BCUT2D eigenvalue weighted by Crippen LogP contribution is -2.28. The Bertz CT molecular complexity index is 87.5. The van der Waals surface area contributed by atoms with Crippen LogP contribution in [-0.2, 0) is 9.47 Å². The molecule has 2 aliphatic heterocycles. The van der Waals surface area contributed by atoms with Crippen molar-refractivity contribution in [2.24, 2.45) is 0 Å². The van der Waals surface area contributed by atoms with E-state index in [1.54, 1.807) is 0 Å². The molecule has 0 saturated carbocycles. The Kier molecular flexibility index (Phi) is 0.947. The highest BCUT2D eigenvalue weighted by Crippen LogP contribution is 2.21. The van der Waals surface area contributed by atoms with Crippen LogP contribution in [0.25, 0.3) is 0 Å². The molecule has 0 spiro atoms. The van der Waals surface area contributed by atoms with Crippen molar-refractivity contribution in [3.63, 3.8) is 0 Å². The van der Waals surface area contributed by atoms with Gasteiger partial charge in [-0.2, -0.15) is 0 Å². The minimum absolute atomic E-state index is 0.225. The van der Waals surface area contributed by atoms with E-state index in [-0.39, 0.29) is 11.5 Å². The Morgan fingerprint density at radius 2 is 1.62 bits per heavy atom. The molecule has 0 aliphatic carbocycles. The Labute approximate surface area is 48.9 Å². The van der Waals surface area contributed by atoms with Gasteiger partial charge in [0, 0.05) is 0 Å². The van der Waals surface area contributed by atoms with E-state index in [0.717, 1.165) is 13.2 Å². The molecule has 46 valence electrons. The quantitative estimate of drug-likeness (QED) is 0.370. The minimum Gasteiger partial charge on any atom is -0.429 e. The lowest BCUT2D eigenvalue weighted by molar-refractivity contribution is 0.396. The number of ether oxygens (including phenoxy) is 2. The topological polar surface area (TPSA) is 45.3 Å². The largest absolute Gasteiger partial charge is 0.429 e. The summed E-state index contributed by atoms with van der Waals surface area (Å²) in [5.41, 5.74) is 0.449.